The lowest BCUT2D eigenvalue weighted by Crippen LogP contribution is -2.57. The number of anilines is 1. The fourth-order valence-electron chi connectivity index (χ4n) is 7.24. The van der Waals surface area contributed by atoms with Gasteiger partial charge in [-0.25, -0.2) is 14.8 Å². The first-order chi connectivity index (χ1) is 24.6. The number of aliphatic imine (C=N–C) groups is 1. The van der Waals surface area contributed by atoms with Gasteiger partial charge in [-0.05, 0) is 81.0 Å². The summed E-state index contributed by atoms with van der Waals surface area (Å²) >= 11 is 0. The predicted octanol–water partition coefficient (Wildman–Crippen LogP) is 7.96. The van der Waals surface area contributed by atoms with E-state index in [-0.39, 0.29) is 48.7 Å². The maximum Gasteiger partial charge on any atom is 0.416 e. The molecule has 10 nitrogen and oxygen atoms in total. The van der Waals surface area contributed by atoms with Crippen LogP contribution in [-0.4, -0.2) is 70.0 Å². The molecule has 0 bridgehead atoms. The van der Waals surface area contributed by atoms with Gasteiger partial charge in [-0.2, -0.15) is 26.3 Å². The molecule has 1 aliphatic carbocycles. The van der Waals surface area contributed by atoms with E-state index in [0.29, 0.717) is 81.1 Å². The monoisotopic (exact) mass is 740 g/mol. The largest absolute Gasteiger partial charge is 0.481 e. The molecule has 16 heteroatoms. The lowest BCUT2D eigenvalue weighted by Gasteiger charge is -2.47. The van der Waals surface area contributed by atoms with Crippen molar-refractivity contribution < 1.29 is 45.8 Å². The number of rotatable bonds is 12. The van der Waals surface area contributed by atoms with Gasteiger partial charge < -0.3 is 25.4 Å². The van der Waals surface area contributed by atoms with E-state index in [2.05, 4.69) is 15.0 Å². The normalized spacial score (nSPS) is 23.1. The molecule has 2 aliphatic rings. The van der Waals surface area contributed by atoms with E-state index in [0.717, 1.165) is 0 Å². The van der Waals surface area contributed by atoms with Gasteiger partial charge >= 0.3 is 24.4 Å². The summed E-state index contributed by atoms with van der Waals surface area (Å²) in [6.07, 6.45) is -0.0986. The topological polar surface area (TPSA) is 134 Å². The molecule has 1 amide bonds. The van der Waals surface area contributed by atoms with Gasteiger partial charge in [0.25, 0.3) is 0 Å². The van der Waals surface area contributed by atoms with Gasteiger partial charge in [-0.1, -0.05) is 20.3 Å². The van der Waals surface area contributed by atoms with E-state index in [1.54, 1.807) is 16.8 Å². The van der Waals surface area contributed by atoms with Crippen LogP contribution in [0.2, 0.25) is 0 Å². The second-order valence-electron chi connectivity index (χ2n) is 13.5. The molecule has 1 aromatic carbocycles. The number of benzene rings is 1. The maximum absolute atomic E-state index is 13.8. The summed E-state index contributed by atoms with van der Waals surface area (Å²) in [4.78, 5) is 41.3. The number of alkyl halides is 6. The van der Waals surface area contributed by atoms with E-state index >= 15 is 0 Å². The van der Waals surface area contributed by atoms with Crippen LogP contribution in [0.4, 0.5) is 37.1 Å². The van der Waals surface area contributed by atoms with E-state index < -0.39 is 47.5 Å². The van der Waals surface area contributed by atoms with E-state index in [1.165, 1.54) is 24.8 Å². The summed E-state index contributed by atoms with van der Waals surface area (Å²) in [6.45, 7) is 3.65. The first-order valence-electron chi connectivity index (χ1n) is 17.5. The SMILES string of the molecule is CCC[C@H]1C[C@@H](N(Cc2cc(C(F)(F)F)cc(C(F)(F)F)c2)c2ncc(C(C=NC)=CN)cn2)C[C@@H](CC)N1C(=O)OCC1CCC(C(=O)O)CC1. The Bertz CT molecular complexity index is 1540. The van der Waals surface area contributed by atoms with Crippen LogP contribution in [0.15, 0.2) is 41.8 Å². The summed E-state index contributed by atoms with van der Waals surface area (Å²) in [5.74, 6) is -1.08. The molecule has 286 valence electrons. The molecule has 1 aliphatic heterocycles. The average Bonchev–Trinajstić information content (AvgIpc) is 3.11. The standard InChI is InChI=1S/C36H46F6N6O4/c1-4-6-30-15-31(14-29(5-2)48(30)34(51)52-21-22-7-9-24(10-8-22)32(49)50)47(33-45-18-26(19-46-33)25(16-43)17-44-3)20-23-11-27(35(37,38)39)13-28(12-23)36(40,41)42/h11-13,16-19,22,24,29-31H,4-10,14-15,20-21,43H2,1-3H3,(H,49,50)/t22?,24?,29-,30+,31+/m1/s1. The zero-order valence-corrected chi connectivity index (χ0v) is 29.5. The average molecular weight is 741 g/mol. The van der Waals surface area contributed by atoms with Crippen molar-refractivity contribution >= 4 is 29.8 Å². The Labute approximate surface area is 299 Å². The summed E-state index contributed by atoms with van der Waals surface area (Å²) in [5, 5.41) is 9.31. The van der Waals surface area contributed by atoms with Gasteiger partial charge in [0.05, 0.1) is 23.7 Å². The van der Waals surface area contributed by atoms with Crippen molar-refractivity contribution in [3.63, 3.8) is 0 Å². The third-order valence-electron chi connectivity index (χ3n) is 9.93. The van der Waals surface area contributed by atoms with Crippen molar-refractivity contribution in [3.05, 3.63) is 59.0 Å². The first-order valence-corrected chi connectivity index (χ1v) is 17.5. The number of hydrogen-bond donors (Lipinski definition) is 2. The van der Waals surface area contributed by atoms with E-state index in [9.17, 15) is 41.0 Å². The molecule has 2 heterocycles. The second-order valence-corrected chi connectivity index (χ2v) is 13.5. The van der Waals surface area contributed by atoms with E-state index in [1.807, 2.05) is 13.8 Å². The molecule has 0 spiro atoms. The van der Waals surface area contributed by atoms with Crippen LogP contribution in [0, 0.1) is 11.8 Å². The molecular formula is C36H46F6N6O4. The Morgan fingerprint density at radius 3 is 2.10 bits per heavy atom. The van der Waals surface area contributed by atoms with Crippen LogP contribution in [0.3, 0.4) is 0 Å². The minimum atomic E-state index is -5.02. The molecule has 3 N–H and O–H groups in total. The molecule has 1 saturated heterocycles. The van der Waals surface area contributed by atoms with Gasteiger partial charge in [0.1, 0.15) is 0 Å². The van der Waals surface area contributed by atoms with E-state index in [4.69, 9.17) is 10.5 Å². The Hall–Kier alpha value is -4.37. The Morgan fingerprint density at radius 2 is 1.60 bits per heavy atom. The number of carboxylic acids is 1. The van der Waals surface area contributed by atoms with Gasteiger partial charge in [0.2, 0.25) is 5.95 Å². The van der Waals surface area contributed by atoms with Crippen LogP contribution in [0.5, 0.6) is 0 Å². The van der Waals surface area contributed by atoms with Gasteiger partial charge in [-0.3, -0.25) is 9.79 Å². The zero-order valence-electron chi connectivity index (χ0n) is 29.5. The van der Waals surface area contributed by atoms with Gasteiger partial charge in [-0.15, -0.1) is 0 Å². The van der Waals surface area contributed by atoms with Crippen LogP contribution < -0.4 is 10.6 Å². The van der Waals surface area contributed by atoms with Crippen molar-refractivity contribution in [3.8, 4) is 0 Å². The highest BCUT2D eigenvalue weighted by atomic mass is 19.4. The van der Waals surface area contributed by atoms with Crippen LogP contribution in [-0.2, 0) is 28.4 Å². The Morgan fingerprint density at radius 1 is 1.00 bits per heavy atom. The van der Waals surface area contributed by atoms with Crippen molar-refractivity contribution in [1.82, 2.24) is 14.9 Å². The number of ether oxygens (including phenoxy) is 1. The number of hydrogen-bond acceptors (Lipinski definition) is 8. The number of carbonyl (C=O) groups is 2. The highest BCUT2D eigenvalue weighted by molar-refractivity contribution is 6.09. The molecule has 0 unspecified atom stereocenters. The summed E-state index contributed by atoms with van der Waals surface area (Å²) in [7, 11) is 1.55. The number of allylic oxidation sites excluding steroid dienone is 1. The fourth-order valence-corrected chi connectivity index (χ4v) is 7.24. The van der Waals surface area contributed by atoms with Crippen molar-refractivity contribution in [2.24, 2.45) is 22.6 Å². The van der Waals surface area contributed by atoms with Crippen LogP contribution >= 0.6 is 0 Å². The maximum atomic E-state index is 13.8. The number of nitrogens with zero attached hydrogens (tertiary/aromatic N) is 5. The van der Waals surface area contributed by atoms with Crippen molar-refractivity contribution in [1.29, 1.82) is 0 Å². The minimum Gasteiger partial charge on any atom is -0.481 e. The second kappa shape index (κ2) is 17.4. The van der Waals surface area contributed by atoms with Crippen molar-refractivity contribution in [2.75, 3.05) is 18.6 Å². The number of carbonyl (C=O) groups excluding carboxylic acids is 1. The van der Waals surface area contributed by atoms with Gasteiger partial charge in [0.15, 0.2) is 0 Å². The molecule has 4 rings (SSSR count). The lowest BCUT2D eigenvalue weighted by atomic mass is 9.82. The van der Waals surface area contributed by atoms with Gasteiger partial charge in [0, 0.05) is 67.7 Å². The molecule has 3 atom stereocenters. The molecule has 1 aromatic heterocycles. The molecule has 1 saturated carbocycles. The minimum absolute atomic E-state index is 0.0460. The summed E-state index contributed by atoms with van der Waals surface area (Å²) < 4.78 is 88.9. The number of carboxylic acid groups (broad SMARTS) is 1. The first kappa shape index (κ1) is 40.4. The van der Waals surface area contributed by atoms with Crippen LogP contribution in [0.1, 0.15) is 93.9 Å². The predicted molar refractivity (Wildman–Crippen MR) is 183 cm³/mol. The number of aromatic nitrogens is 2. The third kappa shape index (κ3) is 10.1. The molecule has 2 aromatic rings. The lowest BCUT2D eigenvalue weighted by molar-refractivity contribution is -0.144. The molecular weight excluding hydrogens is 694 g/mol. The van der Waals surface area contributed by atoms with Crippen LogP contribution in [0.25, 0.3) is 5.57 Å². The quantitative estimate of drug-likeness (QED) is 0.165. The number of likely N-dealkylation sites (tertiary alicyclic amines) is 1. The third-order valence-corrected chi connectivity index (χ3v) is 9.93. The number of halogens is 6. The molecule has 0 radical (unpaired) electrons. The molecule has 52 heavy (non-hydrogen) atoms. The Balaban J connectivity index is 1.67. The van der Waals surface area contributed by atoms with Crippen molar-refractivity contribution in [2.45, 2.75) is 109 Å². The highest BCUT2D eigenvalue weighted by Gasteiger charge is 2.42. The fraction of sp³-hybridized carbons (Fsp3) is 0.583. The Kier molecular flexibility index (Phi) is 13.5. The number of aliphatic carboxylic acids is 1. The number of nitrogens with two attached hydrogens (primary N) is 1. The molecule has 2 fully saturated rings. The zero-order chi connectivity index (χ0) is 38.2. The number of amides is 1. The summed E-state index contributed by atoms with van der Waals surface area (Å²) in [5.41, 5.74) is 3.66. The summed E-state index contributed by atoms with van der Waals surface area (Å²) in [6, 6.07) is 0.314. The smallest absolute Gasteiger partial charge is 0.416 e. The highest BCUT2D eigenvalue weighted by Crippen LogP contribution is 2.39. The number of piperidine rings is 1.